The summed E-state index contributed by atoms with van der Waals surface area (Å²) in [5, 5.41) is 4.11. The summed E-state index contributed by atoms with van der Waals surface area (Å²) >= 11 is 5.99. The first-order valence-electron chi connectivity index (χ1n) is 10.1. The molecule has 1 heterocycles. The van der Waals surface area contributed by atoms with Crippen molar-refractivity contribution in [2.45, 2.75) is 39.4 Å². The smallest absolute Gasteiger partial charge is 0.222 e. The normalized spacial score (nSPS) is 13.9. The molecule has 0 atom stereocenters. The summed E-state index contributed by atoms with van der Waals surface area (Å²) in [6, 6.07) is 16.1. The lowest BCUT2D eigenvalue weighted by atomic mass is 10.1. The highest BCUT2D eigenvalue weighted by molar-refractivity contribution is 14.0. The number of rotatable bonds is 7. The van der Waals surface area contributed by atoms with Crippen molar-refractivity contribution in [2.24, 2.45) is 4.99 Å². The van der Waals surface area contributed by atoms with E-state index < -0.39 is 0 Å². The third-order valence-electron chi connectivity index (χ3n) is 5.08. The van der Waals surface area contributed by atoms with E-state index in [1.54, 1.807) is 0 Å². The van der Waals surface area contributed by atoms with Crippen molar-refractivity contribution in [1.29, 1.82) is 0 Å². The van der Waals surface area contributed by atoms with Gasteiger partial charge in [-0.2, -0.15) is 0 Å². The molecule has 1 aliphatic heterocycles. The fourth-order valence-electron chi connectivity index (χ4n) is 3.51. The minimum absolute atomic E-state index is 0. The molecule has 1 saturated heterocycles. The van der Waals surface area contributed by atoms with Crippen LogP contribution >= 0.6 is 35.6 Å². The molecule has 0 aromatic heterocycles. The van der Waals surface area contributed by atoms with E-state index in [4.69, 9.17) is 16.6 Å². The lowest BCUT2D eigenvalue weighted by Gasteiger charge is -2.23. The van der Waals surface area contributed by atoms with E-state index in [1.165, 1.54) is 11.1 Å². The molecule has 1 amide bonds. The number of hydrogen-bond acceptors (Lipinski definition) is 2. The number of likely N-dealkylation sites (tertiary alicyclic amines) is 1. The summed E-state index contributed by atoms with van der Waals surface area (Å²) in [6.45, 7) is 5.70. The van der Waals surface area contributed by atoms with Crippen molar-refractivity contribution >= 4 is 47.4 Å². The number of benzene rings is 2. The standard InChI is InChI=1S/C23H29ClN4O.HI/c1-3-25-23(27(2)16-18-10-12-21(24)13-11-18)26-15-19-7-4-5-8-20(19)17-28-14-6-9-22(28)29;/h4-5,7-8,10-13H,3,6,9,14-17H2,1-2H3,(H,25,26);1H. The minimum Gasteiger partial charge on any atom is -0.357 e. The summed E-state index contributed by atoms with van der Waals surface area (Å²) in [4.78, 5) is 20.9. The van der Waals surface area contributed by atoms with Gasteiger partial charge in [-0.05, 0) is 42.2 Å². The molecule has 162 valence electrons. The van der Waals surface area contributed by atoms with Gasteiger partial charge in [0, 0.05) is 44.7 Å². The second-order valence-corrected chi connectivity index (χ2v) is 7.78. The molecule has 2 aromatic carbocycles. The summed E-state index contributed by atoms with van der Waals surface area (Å²) in [5.41, 5.74) is 3.50. The van der Waals surface area contributed by atoms with Gasteiger partial charge in [0.25, 0.3) is 0 Å². The number of nitrogens with zero attached hydrogens (tertiary/aromatic N) is 3. The third-order valence-corrected chi connectivity index (χ3v) is 5.33. The van der Waals surface area contributed by atoms with E-state index in [1.807, 2.05) is 48.3 Å². The van der Waals surface area contributed by atoms with Crippen molar-refractivity contribution in [3.63, 3.8) is 0 Å². The Morgan fingerprint density at radius 3 is 2.50 bits per heavy atom. The maximum Gasteiger partial charge on any atom is 0.222 e. The first kappa shape index (κ1) is 24.5. The number of carbonyl (C=O) groups excluding carboxylic acids is 1. The average molecular weight is 541 g/mol. The quantitative estimate of drug-likeness (QED) is 0.315. The number of carbonyl (C=O) groups is 1. The van der Waals surface area contributed by atoms with Crippen molar-refractivity contribution < 1.29 is 4.79 Å². The van der Waals surface area contributed by atoms with Crippen LogP contribution in [0.25, 0.3) is 0 Å². The van der Waals surface area contributed by atoms with Gasteiger partial charge in [-0.1, -0.05) is 48.0 Å². The Hall–Kier alpha value is -1.80. The molecule has 1 fully saturated rings. The monoisotopic (exact) mass is 540 g/mol. The average Bonchev–Trinajstić information content (AvgIpc) is 3.12. The largest absolute Gasteiger partial charge is 0.357 e. The van der Waals surface area contributed by atoms with Crippen LogP contribution in [-0.2, 0) is 24.4 Å². The van der Waals surface area contributed by atoms with Gasteiger partial charge in [0.2, 0.25) is 5.91 Å². The Labute approximate surface area is 201 Å². The Morgan fingerprint density at radius 1 is 1.17 bits per heavy atom. The number of halogens is 2. The van der Waals surface area contributed by atoms with Gasteiger partial charge in [-0.25, -0.2) is 4.99 Å². The van der Waals surface area contributed by atoms with Crippen molar-refractivity contribution in [3.8, 4) is 0 Å². The Morgan fingerprint density at radius 2 is 1.87 bits per heavy atom. The van der Waals surface area contributed by atoms with Gasteiger partial charge < -0.3 is 15.1 Å². The van der Waals surface area contributed by atoms with Crippen LogP contribution in [0.5, 0.6) is 0 Å². The van der Waals surface area contributed by atoms with Crippen LogP contribution < -0.4 is 5.32 Å². The van der Waals surface area contributed by atoms with E-state index in [0.717, 1.165) is 42.6 Å². The SMILES string of the molecule is CCNC(=NCc1ccccc1CN1CCCC1=O)N(C)Cc1ccc(Cl)cc1.I. The highest BCUT2D eigenvalue weighted by Crippen LogP contribution is 2.18. The fraction of sp³-hybridized carbons (Fsp3) is 0.391. The summed E-state index contributed by atoms with van der Waals surface area (Å²) < 4.78 is 0. The van der Waals surface area contributed by atoms with E-state index in [9.17, 15) is 4.79 Å². The first-order valence-corrected chi connectivity index (χ1v) is 10.5. The zero-order valence-electron chi connectivity index (χ0n) is 17.6. The summed E-state index contributed by atoms with van der Waals surface area (Å²) in [5.74, 6) is 1.11. The number of guanidine groups is 1. The van der Waals surface area contributed by atoms with Gasteiger partial charge in [0.1, 0.15) is 0 Å². The zero-order valence-corrected chi connectivity index (χ0v) is 20.7. The third kappa shape index (κ3) is 6.87. The van der Waals surface area contributed by atoms with Crippen LogP contribution in [0, 0.1) is 0 Å². The molecule has 0 saturated carbocycles. The Bertz CT molecular complexity index is 857. The molecule has 3 rings (SSSR count). The molecule has 5 nitrogen and oxygen atoms in total. The molecule has 0 bridgehead atoms. The van der Waals surface area contributed by atoms with Gasteiger partial charge in [0.15, 0.2) is 5.96 Å². The van der Waals surface area contributed by atoms with Gasteiger partial charge in [-0.3, -0.25) is 4.79 Å². The Kier molecular flexibility index (Phi) is 9.91. The molecular weight excluding hydrogens is 511 g/mol. The molecule has 1 aliphatic rings. The van der Waals surface area contributed by atoms with Crippen LogP contribution in [0.2, 0.25) is 5.02 Å². The zero-order chi connectivity index (χ0) is 20.6. The van der Waals surface area contributed by atoms with Crippen LogP contribution in [0.4, 0.5) is 0 Å². The molecule has 1 N–H and O–H groups in total. The predicted octanol–water partition coefficient (Wildman–Crippen LogP) is 4.68. The van der Waals surface area contributed by atoms with Gasteiger partial charge in [-0.15, -0.1) is 24.0 Å². The molecule has 0 spiro atoms. The number of nitrogens with one attached hydrogen (secondary N) is 1. The highest BCUT2D eigenvalue weighted by Gasteiger charge is 2.20. The molecule has 0 aliphatic carbocycles. The maximum absolute atomic E-state index is 12.0. The maximum atomic E-state index is 12.0. The van der Waals surface area contributed by atoms with E-state index in [-0.39, 0.29) is 29.9 Å². The van der Waals surface area contributed by atoms with Crippen LogP contribution in [0.15, 0.2) is 53.5 Å². The second kappa shape index (κ2) is 12.2. The lowest BCUT2D eigenvalue weighted by Crippen LogP contribution is -2.38. The molecule has 2 aromatic rings. The van der Waals surface area contributed by atoms with Gasteiger partial charge >= 0.3 is 0 Å². The minimum atomic E-state index is 0. The highest BCUT2D eigenvalue weighted by atomic mass is 127. The Balaban J connectivity index is 0.00000320. The fourth-order valence-corrected chi connectivity index (χ4v) is 3.64. The second-order valence-electron chi connectivity index (χ2n) is 7.34. The molecular formula is C23H30ClIN4O. The van der Waals surface area contributed by atoms with Crippen molar-refractivity contribution in [2.75, 3.05) is 20.1 Å². The van der Waals surface area contributed by atoms with Crippen molar-refractivity contribution in [1.82, 2.24) is 15.1 Å². The van der Waals surface area contributed by atoms with Crippen LogP contribution in [-0.4, -0.2) is 41.8 Å². The number of aliphatic imine (C=N–C) groups is 1. The van der Waals surface area contributed by atoms with Crippen LogP contribution in [0.3, 0.4) is 0 Å². The topological polar surface area (TPSA) is 47.9 Å². The molecule has 7 heteroatoms. The molecule has 30 heavy (non-hydrogen) atoms. The molecule has 0 unspecified atom stereocenters. The van der Waals surface area contributed by atoms with Gasteiger partial charge in [0.05, 0.1) is 6.54 Å². The van der Waals surface area contributed by atoms with E-state index in [2.05, 4.69) is 29.3 Å². The summed E-state index contributed by atoms with van der Waals surface area (Å²) in [6.07, 6.45) is 1.62. The van der Waals surface area contributed by atoms with Crippen LogP contribution in [0.1, 0.15) is 36.5 Å². The van der Waals surface area contributed by atoms with E-state index >= 15 is 0 Å². The molecule has 0 radical (unpaired) electrons. The summed E-state index contributed by atoms with van der Waals surface area (Å²) in [7, 11) is 2.03. The number of hydrogen-bond donors (Lipinski definition) is 1. The predicted molar refractivity (Wildman–Crippen MR) is 134 cm³/mol. The van der Waals surface area contributed by atoms with Crippen molar-refractivity contribution in [3.05, 3.63) is 70.2 Å². The lowest BCUT2D eigenvalue weighted by molar-refractivity contribution is -0.128. The van der Waals surface area contributed by atoms with E-state index in [0.29, 0.717) is 19.5 Å². The number of amides is 1. The first-order chi connectivity index (χ1) is 14.1.